The molecule has 0 fully saturated rings. The number of esters is 1. The smallest absolute Gasteiger partial charge is 0.338 e. The quantitative estimate of drug-likeness (QED) is 0.768. The highest BCUT2D eigenvalue weighted by Gasteiger charge is 2.21. The number of imide groups is 1. The van der Waals surface area contributed by atoms with Gasteiger partial charge in [0.2, 0.25) is 0 Å². The second-order valence-corrected chi connectivity index (χ2v) is 6.43. The number of aryl methyl sites for hydroxylation is 1. The Kier molecular flexibility index (Phi) is 5.20. The van der Waals surface area contributed by atoms with Crippen LogP contribution in [-0.4, -0.2) is 33.6 Å². The molecule has 142 valence electrons. The van der Waals surface area contributed by atoms with E-state index in [4.69, 9.17) is 10.5 Å². The van der Waals surface area contributed by atoms with Gasteiger partial charge in [0.25, 0.3) is 11.5 Å². The van der Waals surface area contributed by atoms with Gasteiger partial charge in [0.05, 0.1) is 16.5 Å². The number of aromatic nitrogens is 2. The molecule has 3 amide bonds. The van der Waals surface area contributed by atoms with Gasteiger partial charge in [0, 0.05) is 13.0 Å². The zero-order valence-corrected chi connectivity index (χ0v) is 14.9. The maximum Gasteiger partial charge on any atom is 0.338 e. The highest BCUT2D eigenvalue weighted by molar-refractivity contribution is 5.99. The monoisotopic (exact) mass is 372 g/mol. The van der Waals surface area contributed by atoms with Crippen LogP contribution in [-0.2, 0) is 22.5 Å². The summed E-state index contributed by atoms with van der Waals surface area (Å²) in [6.07, 6.45) is 2.46. The minimum absolute atomic E-state index is 0.119. The third-order valence-electron chi connectivity index (χ3n) is 4.45. The number of urea groups is 1. The molecule has 27 heavy (non-hydrogen) atoms. The van der Waals surface area contributed by atoms with Gasteiger partial charge >= 0.3 is 12.0 Å². The molecule has 2 heterocycles. The molecule has 1 atom stereocenters. The highest BCUT2D eigenvalue weighted by Crippen LogP contribution is 2.17. The standard InChI is InChI=1S/C18H20N4O5/c1-10(15(23)21-18(19)26)27-17(25)11-6-7-12-13(9-11)20-14-5-3-2-4-8-22(14)16(12)24/h6-7,9-10H,2-5,8H2,1H3,(H3,19,21,23,26)/t10-/m1/s1. The van der Waals surface area contributed by atoms with Crippen molar-refractivity contribution in [3.05, 3.63) is 39.9 Å². The van der Waals surface area contributed by atoms with Gasteiger partial charge in [-0.05, 0) is 38.0 Å². The molecular weight excluding hydrogens is 352 g/mol. The minimum atomic E-state index is -1.20. The van der Waals surface area contributed by atoms with Crippen molar-refractivity contribution in [1.29, 1.82) is 0 Å². The molecule has 1 aromatic heterocycles. The average molecular weight is 372 g/mol. The molecule has 0 spiro atoms. The van der Waals surface area contributed by atoms with Gasteiger partial charge in [-0.15, -0.1) is 0 Å². The molecule has 3 rings (SSSR count). The number of carbonyl (C=O) groups is 3. The molecular formula is C18H20N4O5. The number of amides is 3. The topological polar surface area (TPSA) is 133 Å². The molecule has 9 nitrogen and oxygen atoms in total. The Morgan fingerprint density at radius 2 is 2.04 bits per heavy atom. The third-order valence-corrected chi connectivity index (χ3v) is 4.45. The number of hydrogen-bond acceptors (Lipinski definition) is 6. The normalized spacial score (nSPS) is 14.7. The van der Waals surface area contributed by atoms with E-state index >= 15 is 0 Å². The minimum Gasteiger partial charge on any atom is -0.449 e. The van der Waals surface area contributed by atoms with Gasteiger partial charge in [0.15, 0.2) is 6.10 Å². The summed E-state index contributed by atoms with van der Waals surface area (Å²) in [5.41, 5.74) is 5.32. The average Bonchev–Trinajstić information content (AvgIpc) is 2.86. The number of nitrogens with zero attached hydrogens (tertiary/aromatic N) is 2. The Hall–Kier alpha value is -3.23. The van der Waals surface area contributed by atoms with Gasteiger partial charge in [-0.1, -0.05) is 6.42 Å². The summed E-state index contributed by atoms with van der Waals surface area (Å²) in [4.78, 5) is 51.8. The fourth-order valence-corrected chi connectivity index (χ4v) is 3.05. The fraction of sp³-hybridized carbons (Fsp3) is 0.389. The lowest BCUT2D eigenvalue weighted by Crippen LogP contribution is -2.42. The number of hydrogen-bond donors (Lipinski definition) is 2. The van der Waals surface area contributed by atoms with Gasteiger partial charge < -0.3 is 10.5 Å². The Morgan fingerprint density at radius 1 is 1.26 bits per heavy atom. The van der Waals surface area contributed by atoms with Crippen molar-refractivity contribution in [2.24, 2.45) is 5.73 Å². The molecule has 0 unspecified atom stereocenters. The molecule has 2 aromatic rings. The van der Waals surface area contributed by atoms with Crippen LogP contribution in [0.5, 0.6) is 0 Å². The summed E-state index contributed by atoms with van der Waals surface area (Å²) in [6.45, 7) is 1.97. The second-order valence-electron chi connectivity index (χ2n) is 6.43. The largest absolute Gasteiger partial charge is 0.449 e. The molecule has 1 aromatic carbocycles. The number of nitrogens with two attached hydrogens (primary N) is 1. The van der Waals surface area contributed by atoms with Crippen LogP contribution in [0.2, 0.25) is 0 Å². The Balaban J connectivity index is 1.88. The summed E-state index contributed by atoms with van der Waals surface area (Å²) < 4.78 is 6.74. The summed E-state index contributed by atoms with van der Waals surface area (Å²) in [6, 6.07) is 3.44. The van der Waals surface area contributed by atoms with Crippen molar-refractivity contribution in [3.63, 3.8) is 0 Å². The third kappa shape index (κ3) is 3.97. The predicted octanol–water partition coefficient (Wildman–Crippen LogP) is 0.863. The lowest BCUT2D eigenvalue weighted by Gasteiger charge is -2.13. The Morgan fingerprint density at radius 3 is 2.78 bits per heavy atom. The zero-order valence-electron chi connectivity index (χ0n) is 14.9. The second kappa shape index (κ2) is 7.56. The van der Waals surface area contributed by atoms with Crippen LogP contribution in [0.15, 0.2) is 23.0 Å². The lowest BCUT2D eigenvalue weighted by atomic mass is 10.1. The predicted molar refractivity (Wildman–Crippen MR) is 96.2 cm³/mol. The van der Waals surface area contributed by atoms with E-state index in [9.17, 15) is 19.2 Å². The number of benzene rings is 1. The van der Waals surface area contributed by atoms with E-state index in [0.717, 1.165) is 19.3 Å². The van der Waals surface area contributed by atoms with Crippen LogP contribution in [0.3, 0.4) is 0 Å². The van der Waals surface area contributed by atoms with E-state index in [1.807, 2.05) is 5.32 Å². The Bertz CT molecular complexity index is 982. The first-order chi connectivity index (χ1) is 12.9. The molecule has 1 aliphatic heterocycles. The van der Waals surface area contributed by atoms with Crippen molar-refractivity contribution in [3.8, 4) is 0 Å². The van der Waals surface area contributed by atoms with Gasteiger partial charge in [0.1, 0.15) is 5.82 Å². The van der Waals surface area contributed by atoms with Crippen LogP contribution >= 0.6 is 0 Å². The summed E-state index contributed by atoms with van der Waals surface area (Å²) in [5.74, 6) is -0.871. The molecule has 0 aliphatic carbocycles. The number of ether oxygens (including phenoxy) is 1. The van der Waals surface area contributed by atoms with Crippen LogP contribution in [0.4, 0.5) is 4.79 Å². The van der Waals surface area contributed by atoms with Crippen LogP contribution in [0, 0.1) is 0 Å². The van der Waals surface area contributed by atoms with Crippen molar-refractivity contribution >= 4 is 28.8 Å². The maximum atomic E-state index is 12.7. The van der Waals surface area contributed by atoms with Crippen LogP contribution < -0.4 is 16.6 Å². The molecule has 1 aliphatic rings. The van der Waals surface area contributed by atoms with E-state index in [-0.39, 0.29) is 11.1 Å². The van der Waals surface area contributed by atoms with Crippen molar-refractivity contribution in [2.75, 3.05) is 0 Å². The van der Waals surface area contributed by atoms with Gasteiger partial charge in [-0.3, -0.25) is 19.5 Å². The van der Waals surface area contributed by atoms with E-state index in [1.54, 1.807) is 4.57 Å². The summed E-state index contributed by atoms with van der Waals surface area (Å²) in [5, 5.41) is 2.27. The number of primary amides is 1. The number of nitrogens with one attached hydrogen (secondary N) is 1. The molecule has 0 saturated heterocycles. The summed E-state index contributed by atoms with van der Waals surface area (Å²) >= 11 is 0. The number of rotatable bonds is 3. The van der Waals surface area contributed by atoms with E-state index in [1.165, 1.54) is 25.1 Å². The molecule has 9 heteroatoms. The molecule has 3 N–H and O–H groups in total. The Labute approximate surface area is 154 Å². The van der Waals surface area contributed by atoms with Crippen molar-refractivity contribution in [2.45, 2.75) is 45.3 Å². The lowest BCUT2D eigenvalue weighted by molar-refractivity contribution is -0.127. The van der Waals surface area contributed by atoms with E-state index in [2.05, 4.69) is 4.98 Å². The fourth-order valence-electron chi connectivity index (χ4n) is 3.05. The van der Waals surface area contributed by atoms with Crippen LogP contribution in [0.1, 0.15) is 42.4 Å². The van der Waals surface area contributed by atoms with Crippen LogP contribution in [0.25, 0.3) is 10.9 Å². The first kappa shape index (κ1) is 18.6. The highest BCUT2D eigenvalue weighted by atomic mass is 16.5. The van der Waals surface area contributed by atoms with Gasteiger partial charge in [-0.2, -0.15) is 0 Å². The number of fused-ring (bicyclic) bond motifs is 2. The maximum absolute atomic E-state index is 12.7. The number of carbonyl (C=O) groups excluding carboxylic acids is 3. The van der Waals surface area contributed by atoms with Crippen molar-refractivity contribution < 1.29 is 19.1 Å². The molecule has 0 saturated carbocycles. The van der Waals surface area contributed by atoms with E-state index < -0.39 is 24.0 Å². The van der Waals surface area contributed by atoms with Crippen molar-refractivity contribution in [1.82, 2.24) is 14.9 Å². The first-order valence-electron chi connectivity index (χ1n) is 8.71. The summed E-state index contributed by atoms with van der Waals surface area (Å²) in [7, 11) is 0. The first-order valence-corrected chi connectivity index (χ1v) is 8.71. The van der Waals surface area contributed by atoms with Gasteiger partial charge in [-0.25, -0.2) is 14.6 Å². The van der Waals surface area contributed by atoms with E-state index in [0.29, 0.717) is 29.7 Å². The zero-order chi connectivity index (χ0) is 19.6. The molecule has 0 bridgehead atoms. The molecule has 0 radical (unpaired) electrons. The SMILES string of the molecule is C[C@@H](OC(=O)c1ccc2c(=O)n3c(nc2c1)CCCCC3)C(=O)NC(N)=O.